The molecular weight excluding hydrogens is 269 g/mol. The van der Waals surface area contributed by atoms with Crippen molar-refractivity contribution in [3.8, 4) is 6.07 Å². The van der Waals surface area contributed by atoms with Crippen LogP contribution in [-0.4, -0.2) is 19.3 Å². The van der Waals surface area contributed by atoms with Crippen LogP contribution in [0.1, 0.15) is 30.4 Å². The average molecular weight is 284 g/mol. The smallest absolute Gasteiger partial charge is 0.379 e. The van der Waals surface area contributed by atoms with Crippen LogP contribution in [0.2, 0.25) is 0 Å². The molecule has 20 heavy (non-hydrogen) atoms. The Bertz CT molecular complexity index is 522. The number of anilines is 1. The molecule has 0 saturated heterocycles. The molecule has 0 bridgehead atoms. The van der Waals surface area contributed by atoms with Gasteiger partial charge in [-0.1, -0.05) is 0 Å². The zero-order valence-corrected chi connectivity index (χ0v) is 11.0. The van der Waals surface area contributed by atoms with Crippen LogP contribution in [0.25, 0.3) is 0 Å². The third-order valence-electron chi connectivity index (χ3n) is 3.56. The first kappa shape index (κ1) is 14.7. The number of nitrogens with one attached hydrogen (secondary N) is 1. The molecule has 0 amide bonds. The number of halogens is 3. The molecule has 1 aliphatic carbocycles. The summed E-state index contributed by atoms with van der Waals surface area (Å²) >= 11 is 0. The van der Waals surface area contributed by atoms with Crippen molar-refractivity contribution >= 4 is 5.69 Å². The number of methoxy groups -OCH3 is 1. The standard InChI is InChI=1S/C14H15F3N2O/c1-20-13-4-2-3-12(13)19-11-6-5-10(14(15,16)17)7-9(11)8-18/h5-7,12-13,19H,2-4H2,1H3. The topological polar surface area (TPSA) is 45.0 Å². The SMILES string of the molecule is COC1CCCC1Nc1ccc(C(F)(F)F)cc1C#N. The summed E-state index contributed by atoms with van der Waals surface area (Å²) in [5, 5.41) is 12.1. The molecule has 1 saturated carbocycles. The van der Waals surface area contributed by atoms with Crippen molar-refractivity contribution in [1.29, 1.82) is 5.26 Å². The highest BCUT2D eigenvalue weighted by Crippen LogP contribution is 2.33. The van der Waals surface area contributed by atoms with Crippen LogP contribution in [-0.2, 0) is 10.9 Å². The molecule has 2 unspecified atom stereocenters. The van der Waals surface area contributed by atoms with E-state index in [9.17, 15) is 13.2 Å². The number of rotatable bonds is 3. The highest BCUT2D eigenvalue weighted by Gasteiger charge is 2.32. The normalized spacial score (nSPS) is 22.6. The minimum Gasteiger partial charge on any atom is -0.379 e. The number of hydrogen-bond acceptors (Lipinski definition) is 3. The second-order valence-corrected chi connectivity index (χ2v) is 4.83. The quantitative estimate of drug-likeness (QED) is 0.923. The van der Waals surface area contributed by atoms with Crippen LogP contribution < -0.4 is 5.32 Å². The van der Waals surface area contributed by atoms with Gasteiger partial charge in [0.25, 0.3) is 0 Å². The van der Waals surface area contributed by atoms with Crippen LogP contribution in [0, 0.1) is 11.3 Å². The second-order valence-electron chi connectivity index (χ2n) is 4.83. The van der Waals surface area contributed by atoms with Gasteiger partial charge in [-0.05, 0) is 37.5 Å². The van der Waals surface area contributed by atoms with E-state index >= 15 is 0 Å². The van der Waals surface area contributed by atoms with Crippen molar-refractivity contribution in [3.63, 3.8) is 0 Å². The first-order valence-electron chi connectivity index (χ1n) is 6.36. The Morgan fingerprint density at radius 1 is 1.35 bits per heavy atom. The zero-order chi connectivity index (χ0) is 14.8. The minimum atomic E-state index is -4.44. The summed E-state index contributed by atoms with van der Waals surface area (Å²) in [5.74, 6) is 0. The van der Waals surface area contributed by atoms with E-state index in [0.29, 0.717) is 5.69 Å². The number of ether oxygens (including phenoxy) is 1. The fourth-order valence-corrected chi connectivity index (χ4v) is 2.51. The van der Waals surface area contributed by atoms with Crippen LogP contribution >= 0.6 is 0 Å². The van der Waals surface area contributed by atoms with Crippen molar-refractivity contribution in [2.75, 3.05) is 12.4 Å². The predicted molar refractivity (Wildman–Crippen MR) is 68.2 cm³/mol. The van der Waals surface area contributed by atoms with Crippen LogP contribution in [0.5, 0.6) is 0 Å². The Labute approximate surface area is 115 Å². The largest absolute Gasteiger partial charge is 0.416 e. The van der Waals surface area contributed by atoms with Gasteiger partial charge in [-0.2, -0.15) is 18.4 Å². The first-order chi connectivity index (χ1) is 9.45. The Balaban J connectivity index is 2.22. The van der Waals surface area contributed by atoms with Crippen LogP contribution in [0.3, 0.4) is 0 Å². The molecule has 0 aliphatic heterocycles. The molecule has 0 aromatic heterocycles. The molecule has 108 valence electrons. The lowest BCUT2D eigenvalue weighted by molar-refractivity contribution is -0.137. The molecule has 3 nitrogen and oxygen atoms in total. The van der Waals surface area contributed by atoms with Gasteiger partial charge in [-0.25, -0.2) is 0 Å². The van der Waals surface area contributed by atoms with Gasteiger partial charge < -0.3 is 10.1 Å². The molecular formula is C14H15F3N2O. The summed E-state index contributed by atoms with van der Waals surface area (Å²) in [6.07, 6.45) is -1.62. The fraction of sp³-hybridized carbons (Fsp3) is 0.500. The van der Waals surface area contributed by atoms with Gasteiger partial charge in [0.15, 0.2) is 0 Å². The lowest BCUT2D eigenvalue weighted by Gasteiger charge is -2.21. The van der Waals surface area contributed by atoms with E-state index in [0.717, 1.165) is 31.4 Å². The van der Waals surface area contributed by atoms with Crippen LogP contribution in [0.4, 0.5) is 18.9 Å². The van der Waals surface area contributed by atoms with Gasteiger partial charge in [0.1, 0.15) is 6.07 Å². The molecule has 6 heteroatoms. The third-order valence-corrected chi connectivity index (χ3v) is 3.56. The van der Waals surface area contributed by atoms with E-state index in [4.69, 9.17) is 10.00 Å². The van der Waals surface area contributed by atoms with E-state index in [1.165, 1.54) is 6.07 Å². The molecule has 1 N–H and O–H groups in total. The second kappa shape index (κ2) is 5.71. The summed E-state index contributed by atoms with van der Waals surface area (Å²) < 4.78 is 43.1. The maximum atomic E-state index is 12.6. The molecule has 0 heterocycles. The van der Waals surface area contributed by atoms with Crippen molar-refractivity contribution in [2.45, 2.75) is 37.6 Å². The summed E-state index contributed by atoms with van der Waals surface area (Å²) in [6, 6.07) is 5.01. The number of nitrogens with zero attached hydrogens (tertiary/aromatic N) is 1. The molecule has 1 aromatic carbocycles. The summed E-state index contributed by atoms with van der Waals surface area (Å²) in [5.41, 5.74) is -0.384. The zero-order valence-electron chi connectivity index (χ0n) is 11.0. The van der Waals surface area contributed by atoms with Crippen molar-refractivity contribution < 1.29 is 17.9 Å². The van der Waals surface area contributed by atoms with Crippen molar-refractivity contribution in [2.24, 2.45) is 0 Å². The maximum absolute atomic E-state index is 12.6. The lowest BCUT2D eigenvalue weighted by atomic mass is 10.1. The Kier molecular flexibility index (Phi) is 4.19. The van der Waals surface area contributed by atoms with E-state index in [2.05, 4.69) is 5.32 Å². The number of hydrogen-bond donors (Lipinski definition) is 1. The van der Waals surface area contributed by atoms with Gasteiger partial charge in [0.2, 0.25) is 0 Å². The maximum Gasteiger partial charge on any atom is 0.416 e. The fourth-order valence-electron chi connectivity index (χ4n) is 2.51. The van der Waals surface area contributed by atoms with Crippen molar-refractivity contribution in [1.82, 2.24) is 0 Å². The van der Waals surface area contributed by atoms with Gasteiger partial charge in [-0.3, -0.25) is 0 Å². The molecule has 0 radical (unpaired) electrons. The van der Waals surface area contributed by atoms with Gasteiger partial charge in [0, 0.05) is 7.11 Å². The summed E-state index contributed by atoms with van der Waals surface area (Å²) in [4.78, 5) is 0. The van der Waals surface area contributed by atoms with Gasteiger partial charge in [-0.15, -0.1) is 0 Å². The Morgan fingerprint density at radius 2 is 2.10 bits per heavy atom. The molecule has 2 atom stereocenters. The predicted octanol–water partition coefficient (Wildman–Crippen LogP) is 3.56. The molecule has 2 rings (SSSR count). The lowest BCUT2D eigenvalue weighted by Crippen LogP contribution is -2.30. The Morgan fingerprint density at radius 3 is 2.70 bits per heavy atom. The molecule has 1 fully saturated rings. The minimum absolute atomic E-state index is 0.00146. The first-order valence-corrected chi connectivity index (χ1v) is 6.36. The van der Waals surface area contributed by atoms with Crippen molar-refractivity contribution in [3.05, 3.63) is 29.3 Å². The van der Waals surface area contributed by atoms with E-state index in [1.807, 2.05) is 6.07 Å². The number of nitriles is 1. The van der Waals surface area contributed by atoms with Crippen LogP contribution in [0.15, 0.2) is 18.2 Å². The molecule has 1 aromatic rings. The highest BCUT2D eigenvalue weighted by molar-refractivity contribution is 5.59. The number of alkyl halides is 3. The Hall–Kier alpha value is -1.74. The highest BCUT2D eigenvalue weighted by atomic mass is 19.4. The van der Waals surface area contributed by atoms with E-state index in [1.54, 1.807) is 7.11 Å². The van der Waals surface area contributed by atoms with E-state index < -0.39 is 11.7 Å². The average Bonchev–Trinajstić information content (AvgIpc) is 2.85. The summed E-state index contributed by atoms with van der Waals surface area (Å²) in [7, 11) is 1.61. The molecule has 1 aliphatic rings. The monoisotopic (exact) mass is 284 g/mol. The number of benzene rings is 1. The van der Waals surface area contributed by atoms with Gasteiger partial charge in [0.05, 0.1) is 29.0 Å². The van der Waals surface area contributed by atoms with Gasteiger partial charge >= 0.3 is 6.18 Å². The third kappa shape index (κ3) is 3.05. The van der Waals surface area contributed by atoms with E-state index in [-0.39, 0.29) is 17.7 Å². The summed E-state index contributed by atoms with van der Waals surface area (Å²) in [6.45, 7) is 0. The molecule has 0 spiro atoms.